The van der Waals surface area contributed by atoms with Gasteiger partial charge in [-0.15, -0.1) is 0 Å². The van der Waals surface area contributed by atoms with Crippen LogP contribution in [0.15, 0.2) is 12.2 Å². The van der Waals surface area contributed by atoms with Crippen molar-refractivity contribution in [1.29, 1.82) is 0 Å². The van der Waals surface area contributed by atoms with E-state index in [2.05, 4.69) is 11.3 Å². The standard InChI is InChI=1S/C9H10F3NO3/c1-5-3-6(7(14)16-2)13(4-5)8(15)9(10,11)12/h6H,1,3-4H2,2H3/t6-/m0/s1. The average Bonchev–Trinajstić information content (AvgIpc) is 2.56. The number of methoxy groups -OCH3 is 1. The molecule has 16 heavy (non-hydrogen) atoms. The van der Waals surface area contributed by atoms with E-state index in [1.807, 2.05) is 0 Å². The Kier molecular flexibility index (Phi) is 3.25. The minimum Gasteiger partial charge on any atom is -0.467 e. The molecule has 1 heterocycles. The SMILES string of the molecule is C=C1C[C@@H](C(=O)OC)N(C(=O)C(F)(F)F)C1. The second-order valence-electron chi connectivity index (χ2n) is 3.42. The molecule has 0 spiro atoms. The van der Waals surface area contributed by atoms with Crippen LogP contribution in [0, 0.1) is 0 Å². The van der Waals surface area contributed by atoms with Crippen molar-refractivity contribution in [3.05, 3.63) is 12.2 Å². The molecule has 0 aromatic heterocycles. The maximum Gasteiger partial charge on any atom is 0.471 e. The van der Waals surface area contributed by atoms with Crippen LogP contribution in [0.5, 0.6) is 0 Å². The predicted molar refractivity (Wildman–Crippen MR) is 47.3 cm³/mol. The summed E-state index contributed by atoms with van der Waals surface area (Å²) in [6.45, 7) is 3.20. The third-order valence-corrected chi connectivity index (χ3v) is 2.23. The Morgan fingerprint density at radius 3 is 2.50 bits per heavy atom. The molecule has 0 aromatic rings. The topological polar surface area (TPSA) is 46.6 Å². The van der Waals surface area contributed by atoms with E-state index in [0.29, 0.717) is 10.5 Å². The maximum atomic E-state index is 12.2. The minimum atomic E-state index is -4.99. The first-order chi connectivity index (χ1) is 7.27. The van der Waals surface area contributed by atoms with Gasteiger partial charge in [-0.25, -0.2) is 4.79 Å². The molecule has 90 valence electrons. The van der Waals surface area contributed by atoms with Crippen molar-refractivity contribution < 1.29 is 27.5 Å². The Morgan fingerprint density at radius 1 is 1.50 bits per heavy atom. The highest BCUT2D eigenvalue weighted by atomic mass is 19.4. The van der Waals surface area contributed by atoms with Crippen LogP contribution in [0.1, 0.15) is 6.42 Å². The van der Waals surface area contributed by atoms with Crippen LogP contribution in [-0.2, 0) is 14.3 Å². The van der Waals surface area contributed by atoms with E-state index >= 15 is 0 Å². The van der Waals surface area contributed by atoms with Crippen LogP contribution < -0.4 is 0 Å². The second-order valence-corrected chi connectivity index (χ2v) is 3.42. The number of carbonyl (C=O) groups is 2. The van der Waals surface area contributed by atoms with Crippen molar-refractivity contribution in [2.75, 3.05) is 13.7 Å². The Bertz CT molecular complexity index is 337. The van der Waals surface area contributed by atoms with E-state index < -0.39 is 24.1 Å². The Hall–Kier alpha value is -1.53. The number of hydrogen-bond acceptors (Lipinski definition) is 3. The first-order valence-electron chi connectivity index (χ1n) is 4.39. The fraction of sp³-hybridized carbons (Fsp3) is 0.556. The number of halogens is 3. The fourth-order valence-electron chi connectivity index (χ4n) is 1.52. The summed E-state index contributed by atoms with van der Waals surface area (Å²) in [6.07, 6.45) is -4.98. The third-order valence-electron chi connectivity index (χ3n) is 2.23. The molecular formula is C9H10F3NO3. The number of carbonyl (C=O) groups excluding carboxylic acids is 2. The van der Waals surface area contributed by atoms with Crippen LogP contribution in [0.4, 0.5) is 13.2 Å². The van der Waals surface area contributed by atoms with Gasteiger partial charge in [-0.2, -0.15) is 13.2 Å². The highest BCUT2D eigenvalue weighted by molar-refractivity contribution is 5.89. The summed E-state index contributed by atoms with van der Waals surface area (Å²) < 4.78 is 40.9. The molecule has 0 aliphatic carbocycles. The molecule has 1 fully saturated rings. The number of nitrogens with zero attached hydrogens (tertiary/aromatic N) is 1. The van der Waals surface area contributed by atoms with Gasteiger partial charge in [-0.3, -0.25) is 4.79 Å². The normalized spacial score (nSPS) is 21.1. The van der Waals surface area contributed by atoms with E-state index in [-0.39, 0.29) is 13.0 Å². The quantitative estimate of drug-likeness (QED) is 0.502. The van der Waals surface area contributed by atoms with Gasteiger partial charge >= 0.3 is 18.1 Å². The summed E-state index contributed by atoms with van der Waals surface area (Å²) >= 11 is 0. The molecule has 1 atom stereocenters. The Labute approximate surface area is 89.7 Å². The highest BCUT2D eigenvalue weighted by Crippen LogP contribution is 2.28. The van der Waals surface area contributed by atoms with E-state index in [1.165, 1.54) is 0 Å². The van der Waals surface area contributed by atoms with Gasteiger partial charge in [0.25, 0.3) is 0 Å². The van der Waals surface area contributed by atoms with E-state index in [9.17, 15) is 22.8 Å². The number of alkyl halides is 3. The van der Waals surface area contributed by atoms with Crippen molar-refractivity contribution in [1.82, 2.24) is 4.90 Å². The van der Waals surface area contributed by atoms with Gasteiger partial charge in [0.05, 0.1) is 7.11 Å². The summed E-state index contributed by atoms with van der Waals surface area (Å²) in [5.74, 6) is -2.90. The molecule has 0 unspecified atom stereocenters. The van der Waals surface area contributed by atoms with Gasteiger partial charge in [-0.1, -0.05) is 12.2 Å². The molecule has 1 aliphatic rings. The van der Waals surface area contributed by atoms with Gasteiger partial charge in [0.15, 0.2) is 0 Å². The van der Waals surface area contributed by atoms with E-state index in [1.54, 1.807) is 0 Å². The molecule has 4 nitrogen and oxygen atoms in total. The molecule has 0 radical (unpaired) electrons. The second kappa shape index (κ2) is 4.15. The zero-order valence-corrected chi connectivity index (χ0v) is 8.50. The molecule has 1 saturated heterocycles. The number of rotatable bonds is 1. The summed E-state index contributed by atoms with van der Waals surface area (Å²) in [5, 5.41) is 0. The molecule has 0 saturated carbocycles. The van der Waals surface area contributed by atoms with Gasteiger partial charge in [0.2, 0.25) is 0 Å². The lowest BCUT2D eigenvalue weighted by Gasteiger charge is -2.22. The Balaban J connectivity index is 2.90. The van der Waals surface area contributed by atoms with Crippen molar-refractivity contribution >= 4 is 11.9 Å². The van der Waals surface area contributed by atoms with Gasteiger partial charge in [-0.05, 0) is 0 Å². The van der Waals surface area contributed by atoms with Crippen molar-refractivity contribution in [3.63, 3.8) is 0 Å². The van der Waals surface area contributed by atoms with Crippen LogP contribution >= 0.6 is 0 Å². The van der Waals surface area contributed by atoms with Gasteiger partial charge < -0.3 is 9.64 Å². The zero-order valence-electron chi connectivity index (χ0n) is 8.50. The largest absolute Gasteiger partial charge is 0.471 e. The summed E-state index contributed by atoms with van der Waals surface area (Å²) in [6, 6.07) is -1.22. The zero-order chi connectivity index (χ0) is 12.5. The molecule has 1 rings (SSSR count). The molecule has 1 amide bonds. The summed E-state index contributed by atoms with van der Waals surface area (Å²) in [4.78, 5) is 22.6. The van der Waals surface area contributed by atoms with Gasteiger partial charge in [0, 0.05) is 13.0 Å². The van der Waals surface area contributed by atoms with Crippen LogP contribution in [0.25, 0.3) is 0 Å². The number of ether oxygens (including phenoxy) is 1. The summed E-state index contributed by atoms with van der Waals surface area (Å²) in [7, 11) is 1.06. The number of likely N-dealkylation sites (tertiary alicyclic amines) is 1. The van der Waals surface area contributed by atoms with E-state index in [0.717, 1.165) is 7.11 Å². The highest BCUT2D eigenvalue weighted by Gasteiger charge is 2.48. The number of amides is 1. The first kappa shape index (κ1) is 12.5. The van der Waals surface area contributed by atoms with Crippen molar-refractivity contribution in [3.8, 4) is 0 Å². The average molecular weight is 237 g/mol. The van der Waals surface area contributed by atoms with Gasteiger partial charge in [0.1, 0.15) is 6.04 Å². The van der Waals surface area contributed by atoms with E-state index in [4.69, 9.17) is 0 Å². The van der Waals surface area contributed by atoms with Crippen LogP contribution in [0.2, 0.25) is 0 Å². The van der Waals surface area contributed by atoms with Crippen LogP contribution in [0.3, 0.4) is 0 Å². The monoisotopic (exact) mass is 237 g/mol. The number of esters is 1. The predicted octanol–water partition coefficient (Wildman–Crippen LogP) is 0.879. The fourth-order valence-corrected chi connectivity index (χ4v) is 1.52. The lowest BCUT2D eigenvalue weighted by atomic mass is 10.2. The van der Waals surface area contributed by atoms with Crippen molar-refractivity contribution in [2.45, 2.75) is 18.6 Å². The lowest BCUT2D eigenvalue weighted by Crippen LogP contribution is -2.47. The first-order valence-corrected chi connectivity index (χ1v) is 4.39. The number of hydrogen-bond donors (Lipinski definition) is 0. The molecule has 0 aromatic carbocycles. The van der Waals surface area contributed by atoms with Crippen molar-refractivity contribution in [2.24, 2.45) is 0 Å². The molecule has 7 heteroatoms. The summed E-state index contributed by atoms with van der Waals surface area (Å²) in [5.41, 5.74) is 0.396. The molecule has 1 aliphatic heterocycles. The third kappa shape index (κ3) is 2.34. The molecular weight excluding hydrogens is 227 g/mol. The minimum absolute atomic E-state index is 0.00843. The molecule has 0 bridgehead atoms. The maximum absolute atomic E-state index is 12.2. The molecule has 0 N–H and O–H groups in total. The smallest absolute Gasteiger partial charge is 0.467 e. The lowest BCUT2D eigenvalue weighted by molar-refractivity contribution is -0.188. The Morgan fingerprint density at radius 2 is 2.06 bits per heavy atom. The van der Waals surface area contributed by atoms with Crippen LogP contribution in [-0.4, -0.2) is 42.6 Å².